The molecule has 0 aliphatic heterocycles. The van der Waals surface area contributed by atoms with Crippen LogP contribution in [0.3, 0.4) is 0 Å². The molecule has 0 aliphatic carbocycles. The summed E-state index contributed by atoms with van der Waals surface area (Å²) in [6.07, 6.45) is 0. The molecule has 0 amide bonds. The number of aromatic nitrogens is 3. The van der Waals surface area contributed by atoms with E-state index in [9.17, 15) is 0 Å². The largest absolute Gasteiger partial charge is 0.383 e. The molecule has 0 saturated heterocycles. The second-order valence-electron chi connectivity index (χ2n) is 4.25. The lowest BCUT2D eigenvalue weighted by Crippen LogP contribution is -2.09. The first kappa shape index (κ1) is 12.3. The SMILES string of the molecule is Cc1cccc(CNc2nc(C)nc(N)c2C)n1. The quantitative estimate of drug-likeness (QED) is 0.862. The van der Waals surface area contributed by atoms with Crippen molar-refractivity contribution in [2.24, 2.45) is 0 Å². The molecule has 94 valence electrons. The van der Waals surface area contributed by atoms with Crippen LogP contribution in [0.2, 0.25) is 0 Å². The molecule has 0 atom stereocenters. The van der Waals surface area contributed by atoms with Crippen LogP contribution in [0.4, 0.5) is 11.6 Å². The maximum atomic E-state index is 5.81. The topological polar surface area (TPSA) is 76.7 Å². The van der Waals surface area contributed by atoms with Crippen LogP contribution in [-0.4, -0.2) is 15.0 Å². The molecule has 0 saturated carbocycles. The van der Waals surface area contributed by atoms with Gasteiger partial charge in [0.25, 0.3) is 0 Å². The summed E-state index contributed by atoms with van der Waals surface area (Å²) in [4.78, 5) is 12.9. The van der Waals surface area contributed by atoms with E-state index in [0.717, 1.165) is 22.8 Å². The van der Waals surface area contributed by atoms with Crippen LogP contribution in [0.25, 0.3) is 0 Å². The Kier molecular flexibility index (Phi) is 3.41. The van der Waals surface area contributed by atoms with Crippen molar-refractivity contribution in [2.45, 2.75) is 27.3 Å². The van der Waals surface area contributed by atoms with Gasteiger partial charge in [-0.3, -0.25) is 4.98 Å². The molecule has 18 heavy (non-hydrogen) atoms. The Morgan fingerprint density at radius 1 is 1.11 bits per heavy atom. The van der Waals surface area contributed by atoms with Crippen LogP contribution in [0.1, 0.15) is 22.8 Å². The first-order valence-corrected chi connectivity index (χ1v) is 5.83. The van der Waals surface area contributed by atoms with Crippen LogP contribution in [0.15, 0.2) is 18.2 Å². The van der Waals surface area contributed by atoms with E-state index in [2.05, 4.69) is 20.3 Å². The number of hydrogen-bond acceptors (Lipinski definition) is 5. The number of rotatable bonds is 3. The molecule has 0 radical (unpaired) electrons. The lowest BCUT2D eigenvalue weighted by Gasteiger charge is -2.10. The number of nitrogen functional groups attached to an aromatic ring is 1. The second-order valence-corrected chi connectivity index (χ2v) is 4.25. The number of nitrogens with two attached hydrogens (primary N) is 1. The molecule has 0 aliphatic rings. The molecule has 0 aromatic carbocycles. The molecule has 0 spiro atoms. The van der Waals surface area contributed by atoms with Gasteiger partial charge in [-0.2, -0.15) is 0 Å². The van der Waals surface area contributed by atoms with Crippen LogP contribution < -0.4 is 11.1 Å². The fourth-order valence-electron chi connectivity index (χ4n) is 1.69. The summed E-state index contributed by atoms with van der Waals surface area (Å²) in [5.41, 5.74) is 8.66. The molecule has 0 bridgehead atoms. The van der Waals surface area contributed by atoms with Crippen molar-refractivity contribution in [1.82, 2.24) is 15.0 Å². The van der Waals surface area contributed by atoms with E-state index in [0.29, 0.717) is 18.2 Å². The summed E-state index contributed by atoms with van der Waals surface area (Å²) in [7, 11) is 0. The Labute approximate surface area is 106 Å². The van der Waals surface area contributed by atoms with Crippen molar-refractivity contribution in [1.29, 1.82) is 0 Å². The van der Waals surface area contributed by atoms with Gasteiger partial charge < -0.3 is 11.1 Å². The van der Waals surface area contributed by atoms with Crippen molar-refractivity contribution in [2.75, 3.05) is 11.1 Å². The molecule has 5 nitrogen and oxygen atoms in total. The maximum Gasteiger partial charge on any atom is 0.135 e. The molecule has 2 aromatic rings. The van der Waals surface area contributed by atoms with E-state index in [-0.39, 0.29) is 0 Å². The van der Waals surface area contributed by atoms with Gasteiger partial charge in [0.15, 0.2) is 0 Å². The van der Waals surface area contributed by atoms with Crippen molar-refractivity contribution in [3.8, 4) is 0 Å². The predicted octanol–water partition coefficient (Wildman–Crippen LogP) is 1.99. The summed E-state index contributed by atoms with van der Waals surface area (Å²) in [5, 5.41) is 3.24. The summed E-state index contributed by atoms with van der Waals surface area (Å²) >= 11 is 0. The maximum absolute atomic E-state index is 5.81. The van der Waals surface area contributed by atoms with Gasteiger partial charge in [0, 0.05) is 11.3 Å². The van der Waals surface area contributed by atoms with E-state index in [1.165, 1.54) is 0 Å². The molecule has 3 N–H and O–H groups in total. The third-order valence-corrected chi connectivity index (χ3v) is 2.68. The smallest absolute Gasteiger partial charge is 0.135 e. The number of hydrogen-bond donors (Lipinski definition) is 2. The molecule has 2 rings (SSSR count). The Morgan fingerprint density at radius 3 is 2.61 bits per heavy atom. The summed E-state index contributed by atoms with van der Waals surface area (Å²) in [6.45, 7) is 6.33. The van der Waals surface area contributed by atoms with Gasteiger partial charge >= 0.3 is 0 Å². The van der Waals surface area contributed by atoms with Crippen molar-refractivity contribution in [3.05, 3.63) is 41.0 Å². The molecule has 0 unspecified atom stereocenters. The average molecular weight is 243 g/mol. The standard InChI is InChI=1S/C13H17N5/c1-8-5-4-6-11(16-8)7-15-13-9(2)12(14)17-10(3)18-13/h4-6H,7H2,1-3H3,(H3,14,15,17,18). The number of anilines is 2. The zero-order valence-corrected chi connectivity index (χ0v) is 10.9. The highest BCUT2D eigenvalue weighted by Crippen LogP contribution is 2.17. The lowest BCUT2D eigenvalue weighted by molar-refractivity contribution is 0.974. The number of aryl methyl sites for hydroxylation is 2. The number of nitrogens with one attached hydrogen (secondary N) is 1. The van der Waals surface area contributed by atoms with Gasteiger partial charge in [-0.1, -0.05) is 6.07 Å². The highest BCUT2D eigenvalue weighted by molar-refractivity contribution is 5.54. The summed E-state index contributed by atoms with van der Waals surface area (Å²) in [5.74, 6) is 1.95. The molecule has 2 aromatic heterocycles. The van der Waals surface area contributed by atoms with Crippen LogP contribution in [-0.2, 0) is 6.54 Å². The van der Waals surface area contributed by atoms with Crippen LogP contribution in [0, 0.1) is 20.8 Å². The van der Waals surface area contributed by atoms with Gasteiger partial charge in [-0.05, 0) is 32.9 Å². The minimum atomic E-state index is 0.516. The Morgan fingerprint density at radius 2 is 1.89 bits per heavy atom. The Bertz CT molecular complexity index is 565. The van der Waals surface area contributed by atoms with Gasteiger partial charge in [-0.25, -0.2) is 9.97 Å². The fraction of sp³-hybridized carbons (Fsp3) is 0.308. The van der Waals surface area contributed by atoms with Gasteiger partial charge in [0.05, 0.1) is 12.2 Å². The van der Waals surface area contributed by atoms with E-state index in [1.54, 1.807) is 0 Å². The highest BCUT2D eigenvalue weighted by atomic mass is 15.1. The van der Waals surface area contributed by atoms with E-state index < -0.39 is 0 Å². The second kappa shape index (κ2) is 5.00. The zero-order valence-electron chi connectivity index (χ0n) is 10.9. The monoisotopic (exact) mass is 243 g/mol. The van der Waals surface area contributed by atoms with Crippen LogP contribution in [0.5, 0.6) is 0 Å². The van der Waals surface area contributed by atoms with Crippen LogP contribution >= 0.6 is 0 Å². The summed E-state index contributed by atoms with van der Waals surface area (Å²) in [6, 6.07) is 5.94. The average Bonchev–Trinajstić information content (AvgIpc) is 2.32. The molecule has 2 heterocycles. The first-order valence-electron chi connectivity index (χ1n) is 5.83. The third kappa shape index (κ3) is 2.74. The third-order valence-electron chi connectivity index (χ3n) is 2.68. The minimum Gasteiger partial charge on any atom is -0.383 e. The van der Waals surface area contributed by atoms with Crippen molar-refractivity contribution in [3.63, 3.8) is 0 Å². The Balaban J connectivity index is 2.15. The fourth-order valence-corrected chi connectivity index (χ4v) is 1.69. The van der Waals surface area contributed by atoms with E-state index >= 15 is 0 Å². The molecular weight excluding hydrogens is 226 g/mol. The van der Waals surface area contributed by atoms with Gasteiger partial charge in [0.1, 0.15) is 17.5 Å². The zero-order chi connectivity index (χ0) is 13.1. The summed E-state index contributed by atoms with van der Waals surface area (Å²) < 4.78 is 0. The van der Waals surface area contributed by atoms with E-state index in [1.807, 2.05) is 39.0 Å². The molecule has 0 fully saturated rings. The van der Waals surface area contributed by atoms with Gasteiger partial charge in [0.2, 0.25) is 0 Å². The molecule has 5 heteroatoms. The normalized spacial score (nSPS) is 10.4. The Hall–Kier alpha value is -2.17. The minimum absolute atomic E-state index is 0.516. The lowest BCUT2D eigenvalue weighted by atomic mass is 10.3. The predicted molar refractivity (Wildman–Crippen MR) is 72.2 cm³/mol. The number of nitrogens with zero attached hydrogens (tertiary/aromatic N) is 3. The van der Waals surface area contributed by atoms with E-state index in [4.69, 9.17) is 5.73 Å². The highest BCUT2D eigenvalue weighted by Gasteiger charge is 2.06. The van der Waals surface area contributed by atoms with Crippen molar-refractivity contribution >= 4 is 11.6 Å². The first-order chi connectivity index (χ1) is 8.56. The number of pyridine rings is 1. The molecular formula is C13H17N5. The van der Waals surface area contributed by atoms with Gasteiger partial charge in [-0.15, -0.1) is 0 Å². The van der Waals surface area contributed by atoms with Crippen molar-refractivity contribution < 1.29 is 0 Å².